The van der Waals surface area contributed by atoms with Gasteiger partial charge in [-0.1, -0.05) is 0 Å². The second-order valence-electron chi connectivity index (χ2n) is 8.13. The fourth-order valence-electron chi connectivity index (χ4n) is 3.57. The van der Waals surface area contributed by atoms with Crippen LogP contribution in [0, 0.1) is 13.8 Å². The van der Waals surface area contributed by atoms with Gasteiger partial charge < -0.3 is 23.2 Å². The van der Waals surface area contributed by atoms with E-state index in [0.717, 1.165) is 22.6 Å². The van der Waals surface area contributed by atoms with E-state index in [2.05, 4.69) is 45.8 Å². The summed E-state index contributed by atoms with van der Waals surface area (Å²) in [5.74, 6) is 0.892. The molecule has 0 atom stereocenters. The zero-order valence-electron chi connectivity index (χ0n) is 20.8. The summed E-state index contributed by atoms with van der Waals surface area (Å²) in [6.45, 7) is 4.14. The molecular formula is C28H27N3O6. The van der Waals surface area contributed by atoms with E-state index in [9.17, 15) is 9.59 Å². The van der Waals surface area contributed by atoms with Gasteiger partial charge in [0.05, 0.1) is 13.3 Å². The summed E-state index contributed by atoms with van der Waals surface area (Å²) >= 11 is 0. The average Bonchev–Trinajstić information content (AvgIpc) is 3.53. The van der Waals surface area contributed by atoms with Gasteiger partial charge in [0.25, 0.3) is 0 Å². The standard InChI is InChI=1S/C28H27N3O6/c1-19-4-5-20(2)31(19)22-8-12-24(13-9-22)35-17-25-14-15-26(37-25)28(33)30-29-16-21-6-10-23(11-7-21)36-18-27(32)34-3/h4-16H,17-18H2,1-3H3,(H,30,33)/b29-16+. The number of benzene rings is 2. The number of nitrogens with zero attached hydrogens (tertiary/aromatic N) is 2. The van der Waals surface area contributed by atoms with Crippen molar-refractivity contribution in [3.63, 3.8) is 0 Å². The molecule has 190 valence electrons. The second kappa shape index (κ2) is 11.8. The monoisotopic (exact) mass is 501 g/mol. The van der Waals surface area contributed by atoms with Crippen molar-refractivity contribution < 1.29 is 28.2 Å². The Balaban J connectivity index is 1.25. The second-order valence-corrected chi connectivity index (χ2v) is 8.13. The van der Waals surface area contributed by atoms with Crippen molar-refractivity contribution in [3.05, 3.63) is 101 Å². The number of ether oxygens (including phenoxy) is 3. The summed E-state index contributed by atoms with van der Waals surface area (Å²) in [5, 5.41) is 3.95. The Bertz CT molecular complexity index is 1360. The summed E-state index contributed by atoms with van der Waals surface area (Å²) in [6, 6.07) is 22.0. The van der Waals surface area contributed by atoms with E-state index >= 15 is 0 Å². The molecule has 0 unspecified atom stereocenters. The van der Waals surface area contributed by atoms with Crippen LogP contribution in [0.5, 0.6) is 11.5 Å². The van der Waals surface area contributed by atoms with Crippen molar-refractivity contribution >= 4 is 18.1 Å². The minimum Gasteiger partial charge on any atom is -0.486 e. The van der Waals surface area contributed by atoms with Gasteiger partial charge in [-0.05, 0) is 92.2 Å². The Morgan fingerprint density at radius 2 is 1.54 bits per heavy atom. The number of aromatic nitrogens is 1. The molecule has 1 amide bonds. The van der Waals surface area contributed by atoms with Gasteiger partial charge in [0, 0.05) is 17.1 Å². The van der Waals surface area contributed by atoms with Gasteiger partial charge in [-0.25, -0.2) is 10.2 Å². The molecule has 1 N–H and O–H groups in total. The van der Waals surface area contributed by atoms with Crippen molar-refractivity contribution in [1.82, 2.24) is 9.99 Å². The average molecular weight is 502 g/mol. The van der Waals surface area contributed by atoms with Crippen molar-refractivity contribution in [2.45, 2.75) is 20.5 Å². The first-order valence-electron chi connectivity index (χ1n) is 11.5. The summed E-state index contributed by atoms with van der Waals surface area (Å²) in [7, 11) is 1.30. The van der Waals surface area contributed by atoms with Crippen molar-refractivity contribution in [3.8, 4) is 17.2 Å². The molecule has 0 spiro atoms. The smallest absolute Gasteiger partial charge is 0.343 e. The molecule has 0 radical (unpaired) electrons. The Morgan fingerprint density at radius 3 is 2.22 bits per heavy atom. The maximum absolute atomic E-state index is 12.3. The molecule has 9 heteroatoms. The number of methoxy groups -OCH3 is 1. The fraction of sp³-hybridized carbons (Fsp3) is 0.179. The summed E-state index contributed by atoms with van der Waals surface area (Å²) in [6.07, 6.45) is 1.48. The minimum absolute atomic E-state index is 0.121. The highest BCUT2D eigenvalue weighted by Gasteiger charge is 2.11. The first kappa shape index (κ1) is 25.3. The molecule has 0 bridgehead atoms. The molecule has 4 rings (SSSR count). The van der Waals surface area contributed by atoms with Crippen molar-refractivity contribution in [2.75, 3.05) is 13.7 Å². The molecule has 0 aliphatic rings. The number of nitrogens with one attached hydrogen (secondary N) is 1. The number of furan rings is 1. The maximum atomic E-state index is 12.3. The minimum atomic E-state index is -0.484. The highest BCUT2D eigenvalue weighted by molar-refractivity contribution is 5.92. The number of aryl methyl sites for hydroxylation is 2. The first-order chi connectivity index (χ1) is 17.9. The number of esters is 1. The van der Waals surface area contributed by atoms with E-state index in [1.807, 2.05) is 24.3 Å². The van der Waals surface area contributed by atoms with E-state index in [1.165, 1.54) is 13.3 Å². The predicted octanol–water partition coefficient (Wildman–Crippen LogP) is 4.58. The number of amides is 1. The van der Waals surface area contributed by atoms with Crippen LogP contribution in [0.3, 0.4) is 0 Å². The molecule has 2 aromatic heterocycles. The van der Waals surface area contributed by atoms with Crippen molar-refractivity contribution in [2.24, 2.45) is 5.10 Å². The number of hydrogen-bond acceptors (Lipinski definition) is 7. The number of carbonyl (C=O) groups excluding carboxylic acids is 2. The van der Waals surface area contributed by atoms with Crippen LogP contribution in [-0.2, 0) is 16.1 Å². The van der Waals surface area contributed by atoms with Crippen LogP contribution in [0.15, 0.2) is 82.3 Å². The largest absolute Gasteiger partial charge is 0.486 e. The lowest BCUT2D eigenvalue weighted by molar-refractivity contribution is -0.142. The number of carbonyl (C=O) groups is 2. The summed E-state index contributed by atoms with van der Waals surface area (Å²) in [4.78, 5) is 23.5. The van der Waals surface area contributed by atoms with Gasteiger partial charge in [0.2, 0.25) is 0 Å². The first-order valence-corrected chi connectivity index (χ1v) is 11.5. The zero-order chi connectivity index (χ0) is 26.2. The van der Waals surface area contributed by atoms with E-state index in [4.69, 9.17) is 13.9 Å². The molecular weight excluding hydrogens is 474 g/mol. The van der Waals surface area contributed by atoms with Gasteiger partial charge >= 0.3 is 11.9 Å². The summed E-state index contributed by atoms with van der Waals surface area (Å²) in [5.41, 5.74) is 6.55. The van der Waals surface area contributed by atoms with Crippen LogP contribution in [0.4, 0.5) is 0 Å². The van der Waals surface area contributed by atoms with Crippen LogP contribution in [0.1, 0.15) is 33.3 Å². The van der Waals surface area contributed by atoms with Gasteiger partial charge in [0.1, 0.15) is 23.9 Å². The lowest BCUT2D eigenvalue weighted by Gasteiger charge is -2.10. The number of hydrazone groups is 1. The topological polar surface area (TPSA) is 104 Å². The normalized spacial score (nSPS) is 10.9. The molecule has 0 saturated carbocycles. The van der Waals surface area contributed by atoms with Crippen LogP contribution in [0.25, 0.3) is 5.69 Å². The molecule has 0 saturated heterocycles. The molecule has 9 nitrogen and oxygen atoms in total. The van der Waals surface area contributed by atoms with Gasteiger partial charge in [-0.15, -0.1) is 0 Å². The van der Waals surface area contributed by atoms with E-state index in [1.54, 1.807) is 36.4 Å². The number of rotatable bonds is 10. The van der Waals surface area contributed by atoms with Crippen LogP contribution in [-0.4, -0.2) is 36.4 Å². The van der Waals surface area contributed by atoms with E-state index in [0.29, 0.717) is 17.3 Å². The Hall–Kier alpha value is -4.79. The summed E-state index contributed by atoms with van der Waals surface area (Å²) < 4.78 is 23.4. The van der Waals surface area contributed by atoms with Crippen LogP contribution >= 0.6 is 0 Å². The lowest BCUT2D eigenvalue weighted by atomic mass is 10.2. The Morgan fingerprint density at radius 1 is 0.892 bits per heavy atom. The third kappa shape index (κ3) is 6.66. The zero-order valence-corrected chi connectivity index (χ0v) is 20.8. The molecule has 2 heterocycles. The highest BCUT2D eigenvalue weighted by Crippen LogP contribution is 2.21. The van der Waals surface area contributed by atoms with E-state index < -0.39 is 11.9 Å². The maximum Gasteiger partial charge on any atom is 0.343 e. The molecule has 0 fully saturated rings. The van der Waals surface area contributed by atoms with Gasteiger partial charge in [-0.3, -0.25) is 4.79 Å². The molecule has 2 aromatic carbocycles. The lowest BCUT2D eigenvalue weighted by Crippen LogP contribution is -2.16. The predicted molar refractivity (Wildman–Crippen MR) is 137 cm³/mol. The number of hydrogen-bond donors (Lipinski definition) is 1. The Kier molecular flexibility index (Phi) is 8.05. The third-order valence-electron chi connectivity index (χ3n) is 5.48. The van der Waals surface area contributed by atoms with Gasteiger partial charge in [0.15, 0.2) is 12.4 Å². The quantitative estimate of drug-likeness (QED) is 0.194. The fourth-order valence-corrected chi connectivity index (χ4v) is 3.57. The van der Waals surface area contributed by atoms with Crippen LogP contribution in [0.2, 0.25) is 0 Å². The van der Waals surface area contributed by atoms with Crippen molar-refractivity contribution in [1.29, 1.82) is 0 Å². The molecule has 37 heavy (non-hydrogen) atoms. The SMILES string of the molecule is COC(=O)COc1ccc(/C=N/NC(=O)c2ccc(COc3ccc(-n4c(C)ccc4C)cc3)o2)cc1. The highest BCUT2D eigenvalue weighted by atomic mass is 16.6. The molecule has 4 aromatic rings. The molecule has 0 aliphatic heterocycles. The molecule has 0 aliphatic carbocycles. The van der Waals surface area contributed by atoms with Crippen LogP contribution < -0.4 is 14.9 Å². The van der Waals surface area contributed by atoms with E-state index in [-0.39, 0.29) is 19.0 Å². The van der Waals surface area contributed by atoms with Gasteiger partial charge in [-0.2, -0.15) is 5.10 Å². The Labute approximate surface area is 214 Å². The third-order valence-corrected chi connectivity index (χ3v) is 5.48.